The van der Waals surface area contributed by atoms with Gasteiger partial charge >= 0.3 is 5.97 Å². The molecule has 0 aliphatic carbocycles. The number of aromatic carboxylic acids is 1. The summed E-state index contributed by atoms with van der Waals surface area (Å²) in [4.78, 5) is 10.6. The SMILES string of the molecule is CC(C)(O)C(C)(C)Nc1ccc(C(=O)O)o1. The first-order valence-corrected chi connectivity index (χ1v) is 4.97. The lowest BCUT2D eigenvalue weighted by atomic mass is 9.86. The van der Waals surface area contributed by atoms with Gasteiger partial charge in [0.05, 0.1) is 11.1 Å². The second-order valence-corrected chi connectivity index (χ2v) is 4.78. The summed E-state index contributed by atoms with van der Waals surface area (Å²) in [6.07, 6.45) is 0. The zero-order valence-corrected chi connectivity index (χ0v) is 9.87. The number of hydrogen-bond acceptors (Lipinski definition) is 4. The number of carbonyl (C=O) groups is 1. The fourth-order valence-corrected chi connectivity index (χ4v) is 0.981. The molecule has 16 heavy (non-hydrogen) atoms. The molecule has 0 saturated carbocycles. The molecule has 0 aliphatic heterocycles. The Morgan fingerprint density at radius 3 is 2.25 bits per heavy atom. The highest BCUT2D eigenvalue weighted by Gasteiger charge is 2.35. The number of aliphatic hydroxyl groups is 1. The van der Waals surface area contributed by atoms with Crippen molar-refractivity contribution in [2.24, 2.45) is 0 Å². The predicted molar refractivity (Wildman–Crippen MR) is 59.7 cm³/mol. The van der Waals surface area contributed by atoms with Gasteiger partial charge in [0.15, 0.2) is 5.88 Å². The molecule has 1 heterocycles. The summed E-state index contributed by atoms with van der Waals surface area (Å²) >= 11 is 0. The van der Waals surface area contributed by atoms with Crippen molar-refractivity contribution in [3.8, 4) is 0 Å². The second kappa shape index (κ2) is 3.83. The van der Waals surface area contributed by atoms with Crippen LogP contribution < -0.4 is 5.32 Å². The lowest BCUT2D eigenvalue weighted by Gasteiger charge is -2.37. The van der Waals surface area contributed by atoms with Crippen LogP contribution in [0.1, 0.15) is 38.2 Å². The van der Waals surface area contributed by atoms with Crippen molar-refractivity contribution < 1.29 is 19.4 Å². The summed E-state index contributed by atoms with van der Waals surface area (Å²) in [7, 11) is 0. The van der Waals surface area contributed by atoms with Crippen LogP contribution in [-0.2, 0) is 0 Å². The van der Waals surface area contributed by atoms with Crippen molar-refractivity contribution in [3.05, 3.63) is 17.9 Å². The number of carboxylic acid groups (broad SMARTS) is 1. The smallest absolute Gasteiger partial charge is 0.371 e. The number of furan rings is 1. The highest BCUT2D eigenvalue weighted by molar-refractivity contribution is 5.84. The van der Waals surface area contributed by atoms with Crippen LogP contribution in [0.25, 0.3) is 0 Å². The number of rotatable bonds is 4. The van der Waals surface area contributed by atoms with Gasteiger partial charge in [-0.15, -0.1) is 0 Å². The minimum absolute atomic E-state index is 0.131. The monoisotopic (exact) mass is 227 g/mol. The number of nitrogens with one attached hydrogen (secondary N) is 1. The molecule has 1 rings (SSSR count). The van der Waals surface area contributed by atoms with Crippen LogP contribution in [0, 0.1) is 0 Å². The zero-order valence-electron chi connectivity index (χ0n) is 9.87. The van der Waals surface area contributed by atoms with Gasteiger partial charge in [0.25, 0.3) is 0 Å². The highest BCUT2D eigenvalue weighted by atomic mass is 16.4. The van der Waals surface area contributed by atoms with E-state index in [-0.39, 0.29) is 5.76 Å². The second-order valence-electron chi connectivity index (χ2n) is 4.78. The molecule has 5 nitrogen and oxygen atoms in total. The molecule has 0 saturated heterocycles. The van der Waals surface area contributed by atoms with Crippen LogP contribution in [0.4, 0.5) is 5.88 Å². The fourth-order valence-electron chi connectivity index (χ4n) is 0.981. The first-order chi connectivity index (χ1) is 7.13. The number of anilines is 1. The molecule has 0 radical (unpaired) electrons. The molecule has 3 N–H and O–H groups in total. The van der Waals surface area contributed by atoms with Gasteiger partial charge in [-0.05, 0) is 33.8 Å². The van der Waals surface area contributed by atoms with Crippen LogP contribution in [0.5, 0.6) is 0 Å². The topological polar surface area (TPSA) is 82.7 Å². The van der Waals surface area contributed by atoms with Crippen LogP contribution in [0.3, 0.4) is 0 Å². The van der Waals surface area contributed by atoms with Crippen LogP contribution in [-0.4, -0.2) is 27.3 Å². The van der Waals surface area contributed by atoms with Crippen molar-refractivity contribution in [2.45, 2.75) is 38.8 Å². The van der Waals surface area contributed by atoms with Crippen molar-refractivity contribution in [2.75, 3.05) is 5.32 Å². The molecule has 0 aromatic carbocycles. The van der Waals surface area contributed by atoms with E-state index in [1.807, 2.05) is 0 Å². The third-order valence-corrected chi connectivity index (χ3v) is 2.78. The molecule has 5 heteroatoms. The largest absolute Gasteiger partial charge is 0.475 e. The zero-order chi connectivity index (χ0) is 12.6. The van der Waals surface area contributed by atoms with Crippen molar-refractivity contribution >= 4 is 11.9 Å². The minimum Gasteiger partial charge on any atom is -0.475 e. The fraction of sp³-hybridized carbons (Fsp3) is 0.545. The van der Waals surface area contributed by atoms with Crippen LogP contribution in [0.15, 0.2) is 16.5 Å². The van der Waals surface area contributed by atoms with Gasteiger partial charge in [0, 0.05) is 6.07 Å². The maximum atomic E-state index is 10.6. The van der Waals surface area contributed by atoms with E-state index in [2.05, 4.69) is 5.32 Å². The highest BCUT2D eigenvalue weighted by Crippen LogP contribution is 2.26. The summed E-state index contributed by atoms with van der Waals surface area (Å²) in [5, 5.41) is 21.5. The quantitative estimate of drug-likeness (QED) is 0.732. The lowest BCUT2D eigenvalue weighted by Crippen LogP contribution is -2.51. The van der Waals surface area contributed by atoms with Gasteiger partial charge < -0.3 is 19.9 Å². The third kappa shape index (κ3) is 2.55. The first-order valence-electron chi connectivity index (χ1n) is 4.97. The molecule has 0 aliphatic rings. The summed E-state index contributed by atoms with van der Waals surface area (Å²) in [6.45, 7) is 6.94. The average Bonchev–Trinajstić information content (AvgIpc) is 2.49. The Bertz CT molecular complexity index is 387. The Morgan fingerprint density at radius 1 is 1.31 bits per heavy atom. The summed E-state index contributed by atoms with van der Waals surface area (Å²) in [6, 6.07) is 2.89. The molecule has 0 fully saturated rings. The van der Waals surface area contributed by atoms with Gasteiger partial charge in [-0.1, -0.05) is 0 Å². The molecule has 0 unspecified atom stereocenters. The predicted octanol–water partition coefficient (Wildman–Crippen LogP) is 1.94. The molecule has 1 aromatic rings. The molecule has 0 spiro atoms. The summed E-state index contributed by atoms with van der Waals surface area (Å²) < 4.78 is 5.05. The van der Waals surface area contributed by atoms with Gasteiger partial charge in [0.2, 0.25) is 5.76 Å². The number of carboxylic acids is 1. The van der Waals surface area contributed by atoms with E-state index >= 15 is 0 Å². The van der Waals surface area contributed by atoms with Crippen LogP contribution in [0.2, 0.25) is 0 Å². The maximum Gasteiger partial charge on any atom is 0.371 e. The van der Waals surface area contributed by atoms with Gasteiger partial charge in [-0.3, -0.25) is 0 Å². The minimum atomic E-state index is -1.12. The van der Waals surface area contributed by atoms with E-state index in [0.717, 1.165) is 0 Å². The van der Waals surface area contributed by atoms with E-state index in [1.54, 1.807) is 27.7 Å². The average molecular weight is 227 g/mol. The maximum absolute atomic E-state index is 10.6. The molecule has 0 atom stereocenters. The normalized spacial score (nSPS) is 12.6. The van der Waals surface area contributed by atoms with E-state index in [4.69, 9.17) is 9.52 Å². The van der Waals surface area contributed by atoms with E-state index in [9.17, 15) is 9.90 Å². The van der Waals surface area contributed by atoms with Gasteiger partial charge in [-0.2, -0.15) is 0 Å². The standard InChI is InChI=1S/C11H17NO4/c1-10(2,11(3,4)15)12-8-6-5-7(16-8)9(13)14/h5-6,12,15H,1-4H3,(H,13,14). The first kappa shape index (κ1) is 12.6. The van der Waals surface area contributed by atoms with E-state index in [0.29, 0.717) is 5.88 Å². The molecule has 1 aromatic heterocycles. The molecule has 0 amide bonds. The summed E-state index contributed by atoms with van der Waals surface area (Å²) in [5.41, 5.74) is -1.61. The van der Waals surface area contributed by atoms with Crippen LogP contribution >= 0.6 is 0 Å². The van der Waals surface area contributed by atoms with Crippen molar-refractivity contribution in [1.29, 1.82) is 0 Å². The lowest BCUT2D eigenvalue weighted by molar-refractivity contribution is 0.0231. The summed E-state index contributed by atoms with van der Waals surface area (Å²) in [5.74, 6) is -0.923. The number of hydrogen-bond donors (Lipinski definition) is 3. The molecular formula is C11H17NO4. The van der Waals surface area contributed by atoms with Crippen molar-refractivity contribution in [1.82, 2.24) is 0 Å². The Morgan fingerprint density at radius 2 is 1.88 bits per heavy atom. The van der Waals surface area contributed by atoms with Gasteiger partial charge in [-0.25, -0.2) is 4.79 Å². The van der Waals surface area contributed by atoms with Gasteiger partial charge in [0.1, 0.15) is 0 Å². The molecule has 90 valence electrons. The Balaban J connectivity index is 2.85. The Kier molecular flexibility index (Phi) is 3.01. The Labute approximate surface area is 94.1 Å². The van der Waals surface area contributed by atoms with E-state index < -0.39 is 17.1 Å². The molecule has 0 bridgehead atoms. The molecular weight excluding hydrogens is 210 g/mol. The van der Waals surface area contributed by atoms with Crippen molar-refractivity contribution in [3.63, 3.8) is 0 Å². The Hall–Kier alpha value is -1.49. The van der Waals surface area contributed by atoms with E-state index in [1.165, 1.54) is 12.1 Å². The third-order valence-electron chi connectivity index (χ3n) is 2.78.